The third kappa shape index (κ3) is 5.85. The van der Waals surface area contributed by atoms with Crippen LogP contribution in [0.2, 0.25) is 0 Å². The Morgan fingerprint density at radius 2 is 1.33 bits per heavy atom. The van der Waals surface area contributed by atoms with E-state index >= 15 is 0 Å². The van der Waals surface area contributed by atoms with Crippen molar-refractivity contribution >= 4 is 24.1 Å². The highest BCUT2D eigenvalue weighted by Gasteiger charge is 2.19. The predicted molar refractivity (Wildman–Crippen MR) is 105 cm³/mol. The Morgan fingerprint density at radius 1 is 0.778 bits per heavy atom. The number of hydrogen-bond acceptors (Lipinski definition) is 5. The molecule has 0 spiro atoms. The Balaban J connectivity index is 2.50. The van der Waals surface area contributed by atoms with Gasteiger partial charge < -0.3 is 14.2 Å². The third-order valence-electron chi connectivity index (χ3n) is 3.37. The van der Waals surface area contributed by atoms with E-state index in [-0.39, 0.29) is 17.2 Å². The average Bonchev–Trinajstić information content (AvgIpc) is 2.59. The molecule has 0 bridgehead atoms. The van der Waals surface area contributed by atoms with Gasteiger partial charge in [-0.2, -0.15) is 0 Å². The van der Waals surface area contributed by atoms with Crippen LogP contribution in [0.4, 0.5) is 0 Å². The molecule has 0 aliphatic carbocycles. The summed E-state index contributed by atoms with van der Waals surface area (Å²) in [6.45, 7) is 6.36. The van der Waals surface area contributed by atoms with Gasteiger partial charge in [0.2, 0.25) is 5.75 Å². The molecule has 0 N–H and O–H groups in total. The largest absolute Gasteiger partial charge is 0.453 e. The van der Waals surface area contributed by atoms with Crippen molar-refractivity contribution in [2.24, 2.45) is 0 Å². The summed E-state index contributed by atoms with van der Waals surface area (Å²) in [6.07, 6.45) is 7.58. The van der Waals surface area contributed by atoms with Gasteiger partial charge in [-0.25, -0.2) is 0 Å². The summed E-state index contributed by atoms with van der Waals surface area (Å²) in [5.41, 5.74) is 1.78. The van der Waals surface area contributed by atoms with Crippen LogP contribution in [0, 0.1) is 0 Å². The fourth-order valence-electron chi connectivity index (χ4n) is 2.40. The van der Waals surface area contributed by atoms with Gasteiger partial charge in [0.25, 0.3) is 0 Å². The topological polar surface area (TPSA) is 61.8 Å². The first-order valence-electron chi connectivity index (χ1n) is 8.51. The monoisotopic (exact) mass is 366 g/mol. The Labute approximate surface area is 158 Å². The molecular formula is C22H22O5. The zero-order valence-corrected chi connectivity index (χ0v) is 15.8. The molecule has 0 radical (unpaired) electrons. The standard InChI is InChI=1S/C22H22O5/c1-5-7-17-9-11-19(12-10-17)27-21-14-18(8-6-2)13-20(25-15(3)23)22(21)26-16(4)24/h5-14H,1-4H3. The highest BCUT2D eigenvalue weighted by Crippen LogP contribution is 2.41. The summed E-state index contributed by atoms with van der Waals surface area (Å²) in [5.74, 6) is -0.0608. The number of hydrogen-bond donors (Lipinski definition) is 0. The second kappa shape index (κ2) is 9.38. The molecule has 0 aliphatic rings. The fourth-order valence-corrected chi connectivity index (χ4v) is 2.40. The van der Waals surface area contributed by atoms with Crippen LogP contribution in [0.5, 0.6) is 23.0 Å². The molecule has 0 unspecified atom stereocenters. The molecule has 140 valence electrons. The van der Waals surface area contributed by atoms with E-state index in [1.165, 1.54) is 13.8 Å². The van der Waals surface area contributed by atoms with Gasteiger partial charge in [0.05, 0.1) is 0 Å². The molecule has 0 atom stereocenters. The minimum atomic E-state index is -0.546. The molecule has 2 aromatic rings. The maximum Gasteiger partial charge on any atom is 0.308 e. The van der Waals surface area contributed by atoms with Crippen molar-refractivity contribution in [1.82, 2.24) is 0 Å². The first kappa shape index (κ1) is 20.0. The number of carbonyl (C=O) groups excluding carboxylic acids is 2. The van der Waals surface area contributed by atoms with E-state index < -0.39 is 11.9 Å². The van der Waals surface area contributed by atoms with E-state index in [9.17, 15) is 9.59 Å². The molecule has 27 heavy (non-hydrogen) atoms. The summed E-state index contributed by atoms with van der Waals surface area (Å²) in [7, 11) is 0. The molecule has 0 amide bonds. The third-order valence-corrected chi connectivity index (χ3v) is 3.37. The van der Waals surface area contributed by atoms with Crippen molar-refractivity contribution in [3.8, 4) is 23.0 Å². The second-order valence-electron chi connectivity index (χ2n) is 5.70. The van der Waals surface area contributed by atoms with Crippen LogP contribution in [0.15, 0.2) is 48.6 Å². The summed E-state index contributed by atoms with van der Waals surface area (Å²) in [6, 6.07) is 10.8. The van der Waals surface area contributed by atoms with Crippen LogP contribution in [0.25, 0.3) is 12.2 Å². The lowest BCUT2D eigenvalue weighted by Gasteiger charge is -2.15. The predicted octanol–water partition coefficient (Wildman–Crippen LogP) is 5.40. The highest BCUT2D eigenvalue weighted by molar-refractivity contribution is 5.77. The Bertz CT molecular complexity index is 876. The fraction of sp³-hybridized carbons (Fsp3) is 0.182. The van der Waals surface area contributed by atoms with E-state index in [1.54, 1.807) is 24.3 Å². The zero-order chi connectivity index (χ0) is 19.8. The van der Waals surface area contributed by atoms with Gasteiger partial charge >= 0.3 is 11.9 Å². The van der Waals surface area contributed by atoms with Crippen molar-refractivity contribution in [3.05, 3.63) is 59.7 Å². The molecule has 0 aromatic heterocycles. The number of ether oxygens (including phenoxy) is 3. The van der Waals surface area contributed by atoms with Crippen molar-refractivity contribution in [3.63, 3.8) is 0 Å². The summed E-state index contributed by atoms with van der Waals surface area (Å²) < 4.78 is 16.4. The second-order valence-corrected chi connectivity index (χ2v) is 5.70. The van der Waals surface area contributed by atoms with Gasteiger partial charge in [0.1, 0.15) is 5.75 Å². The van der Waals surface area contributed by atoms with E-state index in [0.717, 1.165) is 11.1 Å². The maximum absolute atomic E-state index is 11.5. The van der Waals surface area contributed by atoms with Crippen LogP contribution in [0.3, 0.4) is 0 Å². The van der Waals surface area contributed by atoms with Crippen LogP contribution in [0.1, 0.15) is 38.8 Å². The molecular weight excluding hydrogens is 344 g/mol. The van der Waals surface area contributed by atoms with Gasteiger partial charge in [0.15, 0.2) is 11.5 Å². The Hall–Kier alpha value is -3.34. The molecule has 5 heteroatoms. The van der Waals surface area contributed by atoms with Crippen LogP contribution in [-0.4, -0.2) is 11.9 Å². The van der Waals surface area contributed by atoms with Gasteiger partial charge in [-0.3, -0.25) is 9.59 Å². The number of allylic oxidation sites excluding steroid dienone is 2. The van der Waals surface area contributed by atoms with E-state index in [4.69, 9.17) is 14.2 Å². The number of benzene rings is 2. The molecule has 0 heterocycles. The van der Waals surface area contributed by atoms with Crippen molar-refractivity contribution in [1.29, 1.82) is 0 Å². The number of esters is 2. The number of carbonyl (C=O) groups is 2. The zero-order valence-electron chi connectivity index (χ0n) is 15.8. The lowest BCUT2D eigenvalue weighted by molar-refractivity contribution is -0.134. The smallest absolute Gasteiger partial charge is 0.308 e. The highest BCUT2D eigenvalue weighted by atomic mass is 16.6. The van der Waals surface area contributed by atoms with Gasteiger partial charge in [0, 0.05) is 13.8 Å². The molecule has 0 aliphatic heterocycles. The minimum Gasteiger partial charge on any atom is -0.453 e. The van der Waals surface area contributed by atoms with E-state index in [1.807, 2.05) is 50.3 Å². The Morgan fingerprint density at radius 3 is 1.89 bits per heavy atom. The van der Waals surface area contributed by atoms with Gasteiger partial charge in [-0.1, -0.05) is 36.4 Å². The SMILES string of the molecule is CC=Cc1ccc(Oc2cc(C=CC)cc(OC(C)=O)c2OC(C)=O)cc1. The first-order chi connectivity index (χ1) is 12.9. The summed E-state index contributed by atoms with van der Waals surface area (Å²) in [5, 5.41) is 0. The lowest BCUT2D eigenvalue weighted by atomic mass is 10.1. The molecule has 0 saturated heterocycles. The van der Waals surface area contributed by atoms with Crippen molar-refractivity contribution < 1.29 is 23.8 Å². The van der Waals surface area contributed by atoms with Crippen LogP contribution >= 0.6 is 0 Å². The molecule has 2 aromatic carbocycles. The summed E-state index contributed by atoms with van der Waals surface area (Å²) in [4.78, 5) is 23.0. The molecule has 2 rings (SSSR count). The van der Waals surface area contributed by atoms with Crippen molar-refractivity contribution in [2.45, 2.75) is 27.7 Å². The number of rotatable bonds is 6. The van der Waals surface area contributed by atoms with Gasteiger partial charge in [-0.05, 0) is 49.2 Å². The maximum atomic E-state index is 11.5. The average molecular weight is 366 g/mol. The molecule has 0 saturated carbocycles. The minimum absolute atomic E-state index is 0.0588. The van der Waals surface area contributed by atoms with Crippen LogP contribution in [-0.2, 0) is 9.59 Å². The van der Waals surface area contributed by atoms with Crippen LogP contribution < -0.4 is 14.2 Å². The lowest BCUT2D eigenvalue weighted by Crippen LogP contribution is -2.08. The molecule has 5 nitrogen and oxygen atoms in total. The van der Waals surface area contributed by atoms with Crippen molar-refractivity contribution in [2.75, 3.05) is 0 Å². The molecule has 0 fully saturated rings. The summed E-state index contributed by atoms with van der Waals surface area (Å²) >= 11 is 0. The first-order valence-corrected chi connectivity index (χ1v) is 8.51. The Kier molecular flexibility index (Phi) is 6.94. The van der Waals surface area contributed by atoms with Gasteiger partial charge in [-0.15, -0.1) is 0 Å². The quantitative estimate of drug-likeness (QED) is 0.506. The van der Waals surface area contributed by atoms with E-state index in [2.05, 4.69) is 0 Å². The van der Waals surface area contributed by atoms with E-state index in [0.29, 0.717) is 5.75 Å². The normalized spacial score (nSPS) is 11.0.